The number of benzene rings is 1. The van der Waals surface area contributed by atoms with Gasteiger partial charge in [0.25, 0.3) is 0 Å². The van der Waals surface area contributed by atoms with Crippen molar-refractivity contribution >= 4 is 33.3 Å². The van der Waals surface area contributed by atoms with Crippen LogP contribution in [0.4, 0.5) is 0 Å². The summed E-state index contributed by atoms with van der Waals surface area (Å²) in [7, 11) is 1.96. The summed E-state index contributed by atoms with van der Waals surface area (Å²) in [6.07, 6.45) is 1.67. The Labute approximate surface area is 175 Å². The van der Waals surface area contributed by atoms with Crippen LogP contribution in [0.2, 0.25) is 0 Å². The molecule has 0 atom stereocenters. The van der Waals surface area contributed by atoms with E-state index in [4.69, 9.17) is 9.40 Å². The third kappa shape index (κ3) is 3.14. The lowest BCUT2D eigenvalue weighted by Crippen LogP contribution is -1.97. The van der Waals surface area contributed by atoms with Gasteiger partial charge in [-0.1, -0.05) is 30.3 Å². The molecular formula is C21H17N5OS2. The molecule has 5 rings (SSSR count). The lowest BCUT2D eigenvalue weighted by atomic mass is 10.1. The zero-order chi connectivity index (χ0) is 20.0. The molecule has 0 amide bonds. The predicted octanol–water partition coefficient (Wildman–Crippen LogP) is 5.51. The largest absolute Gasteiger partial charge is 0.469 e. The second-order valence-electron chi connectivity index (χ2n) is 6.63. The van der Waals surface area contributed by atoms with Crippen LogP contribution in [0.5, 0.6) is 0 Å². The first-order chi connectivity index (χ1) is 14.1. The Morgan fingerprint density at radius 1 is 1.00 bits per heavy atom. The molecule has 4 heterocycles. The van der Waals surface area contributed by atoms with E-state index in [0.29, 0.717) is 0 Å². The van der Waals surface area contributed by atoms with Crippen molar-refractivity contribution in [1.82, 2.24) is 24.7 Å². The van der Waals surface area contributed by atoms with E-state index in [1.54, 1.807) is 17.6 Å². The van der Waals surface area contributed by atoms with E-state index >= 15 is 0 Å². The number of nitrogens with zero attached hydrogens (tertiary/aromatic N) is 5. The average molecular weight is 420 g/mol. The van der Waals surface area contributed by atoms with Gasteiger partial charge in [0.1, 0.15) is 21.4 Å². The van der Waals surface area contributed by atoms with Gasteiger partial charge in [0.05, 0.1) is 17.2 Å². The van der Waals surface area contributed by atoms with Crippen molar-refractivity contribution in [2.24, 2.45) is 7.05 Å². The maximum atomic E-state index is 5.42. The highest BCUT2D eigenvalue weighted by molar-refractivity contribution is 7.99. The van der Waals surface area contributed by atoms with E-state index in [1.165, 1.54) is 11.8 Å². The van der Waals surface area contributed by atoms with Crippen molar-refractivity contribution in [2.45, 2.75) is 24.0 Å². The molecule has 0 bridgehead atoms. The van der Waals surface area contributed by atoms with Crippen LogP contribution < -0.4 is 0 Å². The maximum Gasteiger partial charge on any atom is 0.197 e. The van der Waals surface area contributed by atoms with Gasteiger partial charge >= 0.3 is 0 Å². The molecule has 29 heavy (non-hydrogen) atoms. The smallest absolute Gasteiger partial charge is 0.197 e. The van der Waals surface area contributed by atoms with Gasteiger partial charge in [0.15, 0.2) is 11.0 Å². The molecule has 0 unspecified atom stereocenters. The minimum atomic E-state index is 0.745. The molecule has 0 aliphatic rings. The monoisotopic (exact) mass is 419 g/mol. The average Bonchev–Trinajstić information content (AvgIpc) is 3.42. The van der Waals surface area contributed by atoms with Gasteiger partial charge in [-0.15, -0.1) is 21.5 Å². The van der Waals surface area contributed by atoms with Crippen LogP contribution in [-0.2, 0) is 7.05 Å². The summed E-state index contributed by atoms with van der Waals surface area (Å²) in [6, 6.07) is 12.2. The molecule has 0 aliphatic heterocycles. The van der Waals surface area contributed by atoms with Crippen molar-refractivity contribution in [2.75, 3.05) is 0 Å². The maximum absolute atomic E-state index is 5.42. The summed E-state index contributed by atoms with van der Waals surface area (Å²) in [5.41, 5.74) is 3.23. The topological polar surface area (TPSA) is 69.6 Å². The summed E-state index contributed by atoms with van der Waals surface area (Å²) in [5, 5.41) is 13.6. The second-order valence-corrected chi connectivity index (χ2v) is 8.44. The molecule has 5 aromatic rings. The second kappa shape index (κ2) is 7.13. The number of furan rings is 1. The van der Waals surface area contributed by atoms with E-state index in [2.05, 4.69) is 32.7 Å². The molecule has 144 valence electrons. The first kappa shape index (κ1) is 18.1. The molecule has 0 fully saturated rings. The highest BCUT2D eigenvalue weighted by Gasteiger charge is 2.20. The lowest BCUT2D eigenvalue weighted by molar-refractivity contribution is 0.534. The molecule has 0 N–H and O–H groups in total. The van der Waals surface area contributed by atoms with Gasteiger partial charge in [0.2, 0.25) is 0 Å². The number of aryl methyl sites for hydroxylation is 2. The van der Waals surface area contributed by atoms with Gasteiger partial charge in [-0.25, -0.2) is 9.97 Å². The van der Waals surface area contributed by atoms with Crippen molar-refractivity contribution in [3.8, 4) is 22.5 Å². The van der Waals surface area contributed by atoms with E-state index in [0.717, 1.165) is 54.5 Å². The molecule has 8 heteroatoms. The number of hydrogen-bond donors (Lipinski definition) is 0. The predicted molar refractivity (Wildman–Crippen MR) is 115 cm³/mol. The van der Waals surface area contributed by atoms with Gasteiger partial charge < -0.3 is 8.98 Å². The molecule has 0 aliphatic carbocycles. The fourth-order valence-corrected chi connectivity index (χ4v) is 5.28. The van der Waals surface area contributed by atoms with E-state index in [-0.39, 0.29) is 0 Å². The molecule has 4 aromatic heterocycles. The zero-order valence-electron chi connectivity index (χ0n) is 16.1. The number of thiophene rings is 1. The number of rotatable bonds is 4. The van der Waals surface area contributed by atoms with Gasteiger partial charge in [0, 0.05) is 18.0 Å². The number of fused-ring (bicyclic) bond motifs is 1. The third-order valence-electron chi connectivity index (χ3n) is 4.72. The molecule has 0 saturated carbocycles. The summed E-state index contributed by atoms with van der Waals surface area (Å²) < 4.78 is 7.39. The van der Waals surface area contributed by atoms with Crippen LogP contribution in [0.25, 0.3) is 32.7 Å². The highest BCUT2D eigenvalue weighted by Crippen LogP contribution is 2.40. The number of hydrogen-bond acceptors (Lipinski definition) is 7. The van der Waals surface area contributed by atoms with Crippen LogP contribution in [-0.4, -0.2) is 24.7 Å². The highest BCUT2D eigenvalue weighted by atomic mass is 32.2. The summed E-state index contributed by atoms with van der Waals surface area (Å²) in [6.45, 7) is 3.84. The third-order valence-corrected chi connectivity index (χ3v) is 6.62. The van der Waals surface area contributed by atoms with Crippen molar-refractivity contribution < 1.29 is 4.42 Å². The lowest BCUT2D eigenvalue weighted by Gasteiger charge is -2.07. The van der Waals surface area contributed by atoms with Crippen LogP contribution in [0.15, 0.2) is 62.6 Å². The fraction of sp³-hybridized carbons (Fsp3) is 0.143. The van der Waals surface area contributed by atoms with Gasteiger partial charge in [-0.2, -0.15) is 0 Å². The van der Waals surface area contributed by atoms with E-state index in [9.17, 15) is 0 Å². The van der Waals surface area contributed by atoms with Crippen LogP contribution in [0.3, 0.4) is 0 Å². The molecule has 0 saturated heterocycles. The molecule has 0 spiro atoms. The first-order valence-electron chi connectivity index (χ1n) is 9.05. The quantitative estimate of drug-likeness (QED) is 0.358. The van der Waals surface area contributed by atoms with Crippen LogP contribution >= 0.6 is 23.1 Å². The summed E-state index contributed by atoms with van der Waals surface area (Å²) in [5.74, 6) is 2.34. The molecule has 0 radical (unpaired) electrons. The molecular weight excluding hydrogens is 402 g/mol. The van der Waals surface area contributed by atoms with Gasteiger partial charge in [-0.05, 0) is 37.2 Å². The fourth-order valence-electron chi connectivity index (χ4n) is 3.26. The summed E-state index contributed by atoms with van der Waals surface area (Å²) >= 11 is 3.15. The number of aromatic nitrogens is 5. The SMILES string of the molecule is Cc1nc(Sc2nnc(-c3ccoc3C)n2C)c2c(-c3ccccc3)csc2n1. The Morgan fingerprint density at radius 3 is 2.59 bits per heavy atom. The van der Waals surface area contributed by atoms with Crippen LogP contribution in [0, 0.1) is 13.8 Å². The Morgan fingerprint density at radius 2 is 1.83 bits per heavy atom. The standard InChI is InChI=1S/C21H17N5OS2/c1-12-15(9-10-27-12)18-24-25-21(26(18)3)29-20-17-16(14-7-5-4-6-8-14)11-28-19(17)22-13(2)23-20/h4-11H,1-3H3. The van der Waals surface area contributed by atoms with Gasteiger partial charge in [-0.3, -0.25) is 0 Å². The zero-order valence-corrected chi connectivity index (χ0v) is 17.7. The Bertz CT molecular complexity index is 1320. The minimum absolute atomic E-state index is 0.745. The van der Waals surface area contributed by atoms with Crippen molar-refractivity contribution in [3.05, 3.63) is 59.6 Å². The van der Waals surface area contributed by atoms with Crippen LogP contribution in [0.1, 0.15) is 11.6 Å². The Kier molecular flexibility index (Phi) is 4.44. The normalized spacial score (nSPS) is 11.4. The minimum Gasteiger partial charge on any atom is -0.469 e. The summed E-state index contributed by atoms with van der Waals surface area (Å²) in [4.78, 5) is 10.4. The Hall–Kier alpha value is -2.97. The first-order valence-corrected chi connectivity index (χ1v) is 10.7. The molecule has 6 nitrogen and oxygen atoms in total. The van der Waals surface area contributed by atoms with E-state index in [1.807, 2.05) is 49.7 Å². The van der Waals surface area contributed by atoms with Crippen molar-refractivity contribution in [3.63, 3.8) is 0 Å². The van der Waals surface area contributed by atoms with E-state index < -0.39 is 0 Å². The Balaban J connectivity index is 1.62. The molecule has 1 aromatic carbocycles. The van der Waals surface area contributed by atoms with Crippen molar-refractivity contribution in [1.29, 1.82) is 0 Å².